The fourth-order valence-corrected chi connectivity index (χ4v) is 4.54. The molecule has 2 aromatic carbocycles. The second kappa shape index (κ2) is 7.28. The number of nitrogens with one attached hydrogen (secondary N) is 1. The maximum Gasteiger partial charge on any atom is 0.324 e. The summed E-state index contributed by atoms with van der Waals surface area (Å²) in [4.78, 5) is 40.0. The number of hydrogen-bond acceptors (Lipinski definition) is 7. The predicted molar refractivity (Wildman–Crippen MR) is 109 cm³/mol. The summed E-state index contributed by atoms with van der Waals surface area (Å²) in [6.45, 7) is 1.38. The number of methoxy groups -OCH3 is 2. The molecule has 4 rings (SSSR count). The second-order valence-corrected chi connectivity index (χ2v) is 7.74. The van der Waals surface area contributed by atoms with E-state index in [1.807, 2.05) is 0 Å². The molecule has 2 saturated heterocycles. The summed E-state index contributed by atoms with van der Waals surface area (Å²) in [5.74, 6) is -4.05. The number of nitrogens with zero attached hydrogens (tertiary/aromatic N) is 1. The summed E-state index contributed by atoms with van der Waals surface area (Å²) < 4.78 is 10.3. The number of fused-ring (bicyclic) bond motifs is 1. The van der Waals surface area contributed by atoms with Gasteiger partial charge in [-0.2, -0.15) is 0 Å². The highest BCUT2D eigenvalue weighted by atomic mass is 16.5. The van der Waals surface area contributed by atoms with Crippen molar-refractivity contribution in [2.75, 3.05) is 19.1 Å². The molecule has 0 aromatic heterocycles. The molecule has 9 nitrogen and oxygen atoms in total. The van der Waals surface area contributed by atoms with Gasteiger partial charge < -0.3 is 19.7 Å². The maximum atomic E-state index is 13.4. The molecule has 3 N–H and O–H groups in total. The zero-order valence-electron chi connectivity index (χ0n) is 17.2. The number of ether oxygens (including phenoxy) is 2. The minimum atomic E-state index is -1.71. The van der Waals surface area contributed by atoms with E-state index in [0.29, 0.717) is 11.4 Å². The normalized spacial score (nSPS) is 27.3. The number of hydrogen-bond donors (Lipinski definition) is 3. The first kappa shape index (κ1) is 20.7. The van der Waals surface area contributed by atoms with Gasteiger partial charge in [-0.1, -0.05) is 12.1 Å². The Bertz CT molecular complexity index is 1070. The lowest BCUT2D eigenvalue weighted by Gasteiger charge is -2.27. The summed E-state index contributed by atoms with van der Waals surface area (Å²) in [6, 6.07) is 10.2. The molecule has 0 bridgehead atoms. The number of carbonyl (C=O) groups excluding carboxylic acids is 2. The van der Waals surface area contributed by atoms with Crippen LogP contribution in [0.2, 0.25) is 0 Å². The van der Waals surface area contributed by atoms with Crippen LogP contribution in [0.15, 0.2) is 42.5 Å². The minimum Gasteiger partial charge on any atom is -0.504 e. The molecule has 2 aromatic rings. The fraction of sp³-hybridized carbons (Fsp3) is 0.318. The van der Waals surface area contributed by atoms with Crippen LogP contribution >= 0.6 is 0 Å². The van der Waals surface area contributed by atoms with E-state index in [0.717, 1.165) is 4.90 Å². The molecular formula is C22H22N2O7. The van der Waals surface area contributed by atoms with Gasteiger partial charge in [-0.3, -0.25) is 19.7 Å². The number of carboxylic acid groups (broad SMARTS) is 1. The van der Waals surface area contributed by atoms with Gasteiger partial charge in [-0.05, 0) is 37.3 Å². The van der Waals surface area contributed by atoms with Gasteiger partial charge in [0.25, 0.3) is 0 Å². The summed E-state index contributed by atoms with van der Waals surface area (Å²) in [5, 5.41) is 23.5. The number of para-hydroxylation sites is 1. The van der Waals surface area contributed by atoms with Gasteiger partial charge in [0.2, 0.25) is 11.8 Å². The number of rotatable bonds is 5. The van der Waals surface area contributed by atoms with Gasteiger partial charge >= 0.3 is 5.97 Å². The SMILES string of the molecule is COc1ccc(N2C(=O)[C@@H]3[C@H](c4cccc(OC)c4O)N[C@@](C)(C(=O)O)[C@H]3C2=O)cc1. The van der Waals surface area contributed by atoms with Crippen molar-refractivity contribution in [1.29, 1.82) is 0 Å². The average molecular weight is 426 g/mol. The molecule has 4 atom stereocenters. The molecule has 0 radical (unpaired) electrons. The van der Waals surface area contributed by atoms with Gasteiger partial charge in [0.05, 0.1) is 31.7 Å². The second-order valence-electron chi connectivity index (χ2n) is 7.74. The van der Waals surface area contributed by atoms with Gasteiger partial charge in [0.15, 0.2) is 11.5 Å². The van der Waals surface area contributed by atoms with Crippen LogP contribution in [-0.4, -0.2) is 47.8 Å². The molecule has 9 heteroatoms. The summed E-state index contributed by atoms with van der Waals surface area (Å²) in [5.41, 5.74) is -1.10. The molecule has 2 aliphatic rings. The van der Waals surface area contributed by atoms with Crippen LogP contribution in [0.25, 0.3) is 0 Å². The van der Waals surface area contributed by atoms with Crippen LogP contribution in [-0.2, 0) is 14.4 Å². The largest absolute Gasteiger partial charge is 0.504 e. The number of aromatic hydroxyl groups is 1. The number of carbonyl (C=O) groups is 3. The van der Waals surface area contributed by atoms with Crippen LogP contribution in [0.4, 0.5) is 5.69 Å². The lowest BCUT2D eigenvalue weighted by atomic mass is 9.80. The number of phenolic OH excluding ortho intramolecular Hbond substituents is 1. The molecule has 0 saturated carbocycles. The molecule has 2 aliphatic heterocycles. The van der Waals surface area contributed by atoms with Gasteiger partial charge in [-0.15, -0.1) is 0 Å². The van der Waals surface area contributed by atoms with Crippen LogP contribution in [0.1, 0.15) is 18.5 Å². The third-order valence-corrected chi connectivity index (χ3v) is 6.15. The van der Waals surface area contributed by atoms with Crippen molar-refractivity contribution in [2.24, 2.45) is 11.8 Å². The molecule has 162 valence electrons. The van der Waals surface area contributed by atoms with Gasteiger partial charge in [0, 0.05) is 11.6 Å². The van der Waals surface area contributed by atoms with E-state index in [1.54, 1.807) is 42.5 Å². The standard InChI is InChI=1S/C22H22N2O7/c1-22(21(28)29)16-15(17(23-22)13-5-4-6-14(31-3)18(13)25)19(26)24(20(16)27)11-7-9-12(30-2)10-8-11/h4-10,15-17,23,25H,1-3H3,(H,28,29)/t15-,16+,17-,22+/m0/s1. The number of aliphatic carboxylic acids is 1. The first-order valence-corrected chi connectivity index (χ1v) is 9.63. The number of benzene rings is 2. The molecule has 2 heterocycles. The third-order valence-electron chi connectivity index (χ3n) is 6.15. The lowest BCUT2D eigenvalue weighted by molar-refractivity contribution is -0.147. The quantitative estimate of drug-likeness (QED) is 0.617. The highest BCUT2D eigenvalue weighted by molar-refractivity contribution is 6.24. The Balaban J connectivity index is 1.82. The van der Waals surface area contributed by atoms with Crippen molar-refractivity contribution < 1.29 is 34.1 Å². The molecular weight excluding hydrogens is 404 g/mol. The van der Waals surface area contributed by atoms with Crippen molar-refractivity contribution in [3.8, 4) is 17.2 Å². The van der Waals surface area contributed by atoms with Gasteiger partial charge in [-0.25, -0.2) is 4.90 Å². The lowest BCUT2D eigenvalue weighted by Crippen LogP contribution is -2.53. The van der Waals surface area contributed by atoms with E-state index in [9.17, 15) is 24.6 Å². The number of imide groups is 1. The third kappa shape index (κ3) is 2.92. The Morgan fingerprint density at radius 3 is 2.32 bits per heavy atom. The van der Waals surface area contributed by atoms with Crippen LogP contribution in [0.3, 0.4) is 0 Å². The molecule has 0 spiro atoms. The average Bonchev–Trinajstić information content (AvgIpc) is 3.22. The van der Waals surface area contributed by atoms with Crippen molar-refractivity contribution in [2.45, 2.75) is 18.5 Å². The first-order chi connectivity index (χ1) is 14.7. The fourth-order valence-electron chi connectivity index (χ4n) is 4.54. The zero-order chi connectivity index (χ0) is 22.5. The molecule has 0 aliphatic carbocycles. The van der Waals surface area contributed by atoms with E-state index in [2.05, 4.69) is 5.32 Å². The van der Waals surface area contributed by atoms with Crippen molar-refractivity contribution in [1.82, 2.24) is 5.32 Å². The van der Waals surface area contributed by atoms with E-state index in [4.69, 9.17) is 9.47 Å². The number of amides is 2. The molecule has 2 amide bonds. The maximum absolute atomic E-state index is 13.4. The van der Waals surface area contributed by atoms with Crippen LogP contribution < -0.4 is 19.7 Å². The highest BCUT2D eigenvalue weighted by Crippen LogP contribution is 2.51. The van der Waals surface area contributed by atoms with E-state index in [1.165, 1.54) is 21.1 Å². The number of anilines is 1. The predicted octanol–water partition coefficient (Wildman–Crippen LogP) is 1.70. The molecule has 2 fully saturated rings. The monoisotopic (exact) mass is 426 g/mol. The number of carboxylic acids is 1. The number of phenols is 1. The van der Waals surface area contributed by atoms with Gasteiger partial charge in [0.1, 0.15) is 11.3 Å². The van der Waals surface area contributed by atoms with Crippen molar-refractivity contribution in [3.05, 3.63) is 48.0 Å². The molecule has 31 heavy (non-hydrogen) atoms. The Morgan fingerprint density at radius 2 is 1.74 bits per heavy atom. The van der Waals surface area contributed by atoms with Crippen LogP contribution in [0.5, 0.6) is 17.2 Å². The highest BCUT2D eigenvalue weighted by Gasteiger charge is 2.67. The Kier molecular flexibility index (Phi) is 4.85. The Hall–Kier alpha value is -3.59. The first-order valence-electron chi connectivity index (χ1n) is 9.63. The van der Waals surface area contributed by atoms with Crippen molar-refractivity contribution in [3.63, 3.8) is 0 Å². The Labute approximate surface area is 178 Å². The Morgan fingerprint density at radius 1 is 1.06 bits per heavy atom. The van der Waals surface area contributed by atoms with E-state index >= 15 is 0 Å². The zero-order valence-corrected chi connectivity index (χ0v) is 17.2. The summed E-state index contributed by atoms with van der Waals surface area (Å²) >= 11 is 0. The smallest absolute Gasteiger partial charge is 0.324 e. The topological polar surface area (TPSA) is 125 Å². The van der Waals surface area contributed by atoms with E-state index < -0.39 is 41.2 Å². The van der Waals surface area contributed by atoms with Crippen molar-refractivity contribution >= 4 is 23.5 Å². The van der Waals surface area contributed by atoms with E-state index in [-0.39, 0.29) is 17.1 Å². The minimum absolute atomic E-state index is 0.184. The summed E-state index contributed by atoms with van der Waals surface area (Å²) in [7, 11) is 2.89. The summed E-state index contributed by atoms with van der Waals surface area (Å²) in [6.07, 6.45) is 0. The molecule has 0 unspecified atom stereocenters. The van der Waals surface area contributed by atoms with Crippen LogP contribution in [0, 0.1) is 11.8 Å².